The number of halogens is 1. The number of hydrogen-bond donors (Lipinski definition) is 3. The van der Waals surface area contributed by atoms with Crippen LogP contribution in [0.4, 0.5) is 20.6 Å². The van der Waals surface area contributed by atoms with Crippen LogP contribution < -0.4 is 14.8 Å². The lowest BCUT2D eigenvalue weighted by Gasteiger charge is -2.34. The zero-order chi connectivity index (χ0) is 30.6. The Kier molecular flexibility index (Phi) is 9.36. The average molecular weight is 603 g/mol. The third-order valence-electron chi connectivity index (χ3n) is 7.02. The summed E-state index contributed by atoms with van der Waals surface area (Å²) in [7, 11) is -0.730. The number of anilines is 2. The minimum absolute atomic E-state index is 0.0981. The molecule has 0 saturated carbocycles. The molecule has 0 spiro atoms. The monoisotopic (exact) mass is 602 g/mol. The number of urea groups is 1. The summed E-state index contributed by atoms with van der Waals surface area (Å²) in [6.07, 6.45) is 2.07. The Bertz CT molecular complexity index is 1530. The third-order valence-corrected chi connectivity index (χ3v) is 8.29. The fraction of sp³-hybridized carbons (Fsp3) is 0.393. The minimum atomic E-state index is -3.98. The van der Waals surface area contributed by atoms with Gasteiger partial charge in [-0.25, -0.2) is 14.2 Å². The van der Waals surface area contributed by atoms with Gasteiger partial charge in [0.1, 0.15) is 17.7 Å². The fourth-order valence-corrected chi connectivity index (χ4v) is 5.58. The van der Waals surface area contributed by atoms with E-state index in [0.29, 0.717) is 17.0 Å². The van der Waals surface area contributed by atoms with Crippen LogP contribution in [0, 0.1) is 11.7 Å². The zero-order valence-corrected chi connectivity index (χ0v) is 24.6. The number of imidazole rings is 1. The molecule has 1 aliphatic heterocycles. The van der Waals surface area contributed by atoms with Crippen molar-refractivity contribution in [3.8, 4) is 5.75 Å². The molecule has 14 heteroatoms. The summed E-state index contributed by atoms with van der Waals surface area (Å²) in [5, 5.41) is 12.4. The van der Waals surface area contributed by atoms with Gasteiger partial charge in [-0.3, -0.25) is 9.52 Å². The van der Waals surface area contributed by atoms with Gasteiger partial charge in [0, 0.05) is 49.7 Å². The number of ether oxygens (including phenoxy) is 1. The number of aliphatic hydroxyl groups is 1. The number of likely N-dealkylation sites (N-methyl/N-ethyl adjacent to an activating group) is 1. The molecule has 226 valence electrons. The lowest BCUT2D eigenvalue weighted by molar-refractivity contribution is -0.134. The van der Waals surface area contributed by atoms with Crippen LogP contribution in [-0.4, -0.2) is 83.7 Å². The summed E-state index contributed by atoms with van der Waals surface area (Å²) in [4.78, 5) is 33.2. The van der Waals surface area contributed by atoms with Crippen molar-refractivity contribution in [2.75, 3.05) is 36.8 Å². The molecular formula is C28H35FN6O6S. The first-order chi connectivity index (χ1) is 19.9. The van der Waals surface area contributed by atoms with Crippen LogP contribution in [0.15, 0.2) is 60.0 Å². The van der Waals surface area contributed by atoms with Crippen LogP contribution in [0.2, 0.25) is 0 Å². The second-order valence-corrected chi connectivity index (χ2v) is 12.1. The maximum absolute atomic E-state index is 13.4. The normalized spacial score (nSPS) is 18.1. The van der Waals surface area contributed by atoms with E-state index in [1.54, 1.807) is 32.0 Å². The van der Waals surface area contributed by atoms with E-state index in [0.717, 1.165) is 0 Å². The van der Waals surface area contributed by atoms with Crippen LogP contribution in [0.5, 0.6) is 5.75 Å². The number of nitrogens with one attached hydrogen (secondary N) is 2. The van der Waals surface area contributed by atoms with Gasteiger partial charge in [0.05, 0.1) is 31.9 Å². The van der Waals surface area contributed by atoms with Gasteiger partial charge in [0.2, 0.25) is 5.91 Å². The molecule has 1 aliphatic rings. The number of carbonyl (C=O) groups is 2. The van der Waals surface area contributed by atoms with Gasteiger partial charge in [0.25, 0.3) is 10.0 Å². The molecule has 0 unspecified atom stereocenters. The number of hydrogen-bond acceptors (Lipinski definition) is 7. The molecule has 3 atom stereocenters. The van der Waals surface area contributed by atoms with Gasteiger partial charge in [-0.05, 0) is 49.4 Å². The van der Waals surface area contributed by atoms with Crippen molar-refractivity contribution in [3.63, 3.8) is 0 Å². The molecule has 2 heterocycles. The Labute approximate surface area is 244 Å². The molecule has 3 aromatic rings. The quantitative estimate of drug-likeness (QED) is 0.359. The molecule has 0 fully saturated rings. The zero-order valence-electron chi connectivity index (χ0n) is 23.8. The molecule has 4 rings (SSSR count). The van der Waals surface area contributed by atoms with Crippen molar-refractivity contribution in [2.45, 2.75) is 37.4 Å². The predicted molar refractivity (Wildman–Crippen MR) is 154 cm³/mol. The first-order valence-corrected chi connectivity index (χ1v) is 14.8. The highest BCUT2D eigenvalue weighted by molar-refractivity contribution is 7.92. The lowest BCUT2D eigenvalue weighted by Crippen LogP contribution is -2.48. The number of amides is 3. The number of fused-ring (bicyclic) bond motifs is 1. The smallest absolute Gasteiger partial charge is 0.321 e. The van der Waals surface area contributed by atoms with E-state index in [1.165, 1.54) is 58.4 Å². The van der Waals surface area contributed by atoms with Crippen molar-refractivity contribution in [1.29, 1.82) is 0 Å². The maximum Gasteiger partial charge on any atom is 0.321 e. The fourth-order valence-electron chi connectivity index (χ4n) is 4.55. The van der Waals surface area contributed by atoms with Crippen LogP contribution in [-0.2, 0) is 28.3 Å². The molecule has 3 amide bonds. The number of rotatable bonds is 8. The molecule has 0 radical (unpaired) electrons. The summed E-state index contributed by atoms with van der Waals surface area (Å²) < 4.78 is 49.4. The standard InChI is InChI=1S/C28H35FN6O6S/c1-18-13-35(19(2)16-36)27(37)12-20-11-23(32-42(39,40)26-15-33(3)17-30-26)9-10-24(20)41-25(18)14-34(4)28(38)31-22-7-5-21(29)6-8-22/h5-11,15,17-19,25,32,36H,12-14,16H2,1-4H3,(H,31,38)/t18-,19+,25+/m1/s1. The highest BCUT2D eigenvalue weighted by Gasteiger charge is 2.32. The summed E-state index contributed by atoms with van der Waals surface area (Å²) >= 11 is 0. The Balaban J connectivity index is 1.61. The van der Waals surface area contributed by atoms with Gasteiger partial charge >= 0.3 is 6.03 Å². The first kappa shape index (κ1) is 30.8. The van der Waals surface area contributed by atoms with Gasteiger partial charge < -0.3 is 29.5 Å². The predicted octanol–water partition coefficient (Wildman–Crippen LogP) is 2.67. The highest BCUT2D eigenvalue weighted by atomic mass is 32.2. The Hall–Kier alpha value is -4.17. The SMILES string of the molecule is C[C@@H]1CN([C@@H](C)CO)C(=O)Cc2cc(NS(=O)(=O)c3cn(C)cn3)ccc2O[C@H]1CN(C)C(=O)Nc1ccc(F)cc1. The lowest BCUT2D eigenvalue weighted by atomic mass is 10.0. The summed E-state index contributed by atoms with van der Waals surface area (Å²) in [6, 6.07) is 9.13. The molecule has 12 nitrogen and oxygen atoms in total. The summed E-state index contributed by atoms with van der Waals surface area (Å²) in [5.41, 5.74) is 1.09. The second kappa shape index (κ2) is 12.8. The molecule has 0 aliphatic carbocycles. The van der Waals surface area contributed by atoms with Gasteiger partial charge in [0.15, 0.2) is 5.03 Å². The molecular weight excluding hydrogens is 567 g/mol. The number of nitrogens with zero attached hydrogens (tertiary/aromatic N) is 4. The van der Waals surface area contributed by atoms with Crippen molar-refractivity contribution >= 4 is 33.3 Å². The van der Waals surface area contributed by atoms with Gasteiger partial charge in [-0.15, -0.1) is 0 Å². The van der Waals surface area contributed by atoms with Gasteiger partial charge in [-0.2, -0.15) is 8.42 Å². The van der Waals surface area contributed by atoms with Crippen LogP contribution in [0.3, 0.4) is 0 Å². The number of aromatic nitrogens is 2. The number of carbonyl (C=O) groups excluding carboxylic acids is 2. The number of aryl methyl sites for hydroxylation is 1. The summed E-state index contributed by atoms with van der Waals surface area (Å²) in [6.45, 7) is 3.77. The number of aliphatic hydroxyl groups excluding tert-OH is 1. The van der Waals surface area contributed by atoms with Crippen molar-refractivity contribution in [1.82, 2.24) is 19.4 Å². The molecule has 2 aromatic carbocycles. The Morgan fingerprint density at radius 3 is 2.57 bits per heavy atom. The molecule has 0 bridgehead atoms. The second-order valence-electron chi connectivity index (χ2n) is 10.5. The van der Waals surface area contributed by atoms with E-state index in [9.17, 15) is 27.5 Å². The van der Waals surface area contributed by atoms with E-state index in [2.05, 4.69) is 15.0 Å². The van der Waals surface area contributed by atoms with Crippen LogP contribution in [0.1, 0.15) is 19.4 Å². The van der Waals surface area contributed by atoms with E-state index in [4.69, 9.17) is 4.74 Å². The molecule has 3 N–H and O–H groups in total. The van der Waals surface area contributed by atoms with Crippen molar-refractivity contribution < 1.29 is 32.2 Å². The van der Waals surface area contributed by atoms with Crippen LogP contribution >= 0.6 is 0 Å². The minimum Gasteiger partial charge on any atom is -0.488 e. The first-order valence-electron chi connectivity index (χ1n) is 13.3. The van der Waals surface area contributed by atoms with Crippen LogP contribution in [0.25, 0.3) is 0 Å². The van der Waals surface area contributed by atoms with Crippen molar-refractivity contribution in [2.24, 2.45) is 13.0 Å². The molecule has 1 aromatic heterocycles. The van der Waals surface area contributed by atoms with E-state index < -0.39 is 34.0 Å². The number of sulfonamides is 1. The third kappa shape index (κ3) is 7.36. The highest BCUT2D eigenvalue weighted by Crippen LogP contribution is 2.30. The van der Waals surface area contributed by atoms with E-state index in [-0.39, 0.29) is 48.7 Å². The maximum atomic E-state index is 13.4. The Morgan fingerprint density at radius 2 is 1.93 bits per heavy atom. The van der Waals surface area contributed by atoms with E-state index >= 15 is 0 Å². The Morgan fingerprint density at radius 1 is 1.24 bits per heavy atom. The summed E-state index contributed by atoms with van der Waals surface area (Å²) in [5.74, 6) is -0.582. The topological polar surface area (TPSA) is 146 Å². The van der Waals surface area contributed by atoms with Crippen molar-refractivity contribution in [3.05, 3.63) is 66.4 Å². The molecule has 42 heavy (non-hydrogen) atoms. The van der Waals surface area contributed by atoms with E-state index in [1.807, 2.05) is 6.92 Å². The average Bonchev–Trinajstić information content (AvgIpc) is 3.41. The number of benzene rings is 2. The largest absolute Gasteiger partial charge is 0.488 e. The van der Waals surface area contributed by atoms with Gasteiger partial charge in [-0.1, -0.05) is 6.92 Å². The molecule has 0 saturated heterocycles.